The minimum atomic E-state index is -3.32. The molecule has 1 amide bonds. The highest BCUT2D eigenvalue weighted by Gasteiger charge is 2.48. The number of anilines is 1. The molecule has 0 heterocycles. The molecule has 5 heteroatoms. The molecule has 2 unspecified atom stereocenters. The summed E-state index contributed by atoms with van der Waals surface area (Å²) >= 11 is 0. The van der Waals surface area contributed by atoms with Crippen molar-refractivity contribution in [2.75, 3.05) is 11.6 Å². The van der Waals surface area contributed by atoms with E-state index >= 15 is 0 Å². The zero-order chi connectivity index (χ0) is 13.6. The number of carbonyl (C=O) groups is 1. The van der Waals surface area contributed by atoms with E-state index in [0.29, 0.717) is 5.69 Å². The van der Waals surface area contributed by atoms with Gasteiger partial charge in [0.05, 0.1) is 10.6 Å². The number of nitrogens with one attached hydrogen (secondary N) is 1. The standard InChI is InChI=1S/C14H17NO3S/c1-19(17,18)13-5-3-2-4-12(13)15-14(16)11-7-9-6-10(9)8-11/h2-5,9-11H,6-8H2,1H3,(H,15,16). The molecule has 4 nitrogen and oxygen atoms in total. The van der Waals surface area contributed by atoms with E-state index in [2.05, 4.69) is 5.32 Å². The van der Waals surface area contributed by atoms with Gasteiger partial charge in [0.2, 0.25) is 5.91 Å². The summed E-state index contributed by atoms with van der Waals surface area (Å²) in [4.78, 5) is 12.3. The fourth-order valence-corrected chi connectivity index (χ4v) is 3.90. The van der Waals surface area contributed by atoms with Crippen LogP contribution in [0, 0.1) is 17.8 Å². The third-order valence-corrected chi connectivity index (χ3v) is 5.31. The van der Waals surface area contributed by atoms with Crippen LogP contribution in [-0.4, -0.2) is 20.6 Å². The SMILES string of the molecule is CS(=O)(=O)c1ccccc1NC(=O)C1CC2CC2C1. The highest BCUT2D eigenvalue weighted by Crippen LogP contribution is 2.54. The molecule has 102 valence electrons. The van der Waals surface area contributed by atoms with Gasteiger partial charge in [-0.3, -0.25) is 4.79 Å². The van der Waals surface area contributed by atoms with Gasteiger partial charge >= 0.3 is 0 Å². The predicted octanol–water partition coefficient (Wildman–Crippen LogP) is 2.07. The third kappa shape index (κ3) is 2.52. The summed E-state index contributed by atoms with van der Waals surface area (Å²) in [5, 5.41) is 2.78. The van der Waals surface area contributed by atoms with E-state index in [0.717, 1.165) is 30.9 Å². The van der Waals surface area contributed by atoms with Crippen LogP contribution in [0.3, 0.4) is 0 Å². The lowest BCUT2D eigenvalue weighted by molar-refractivity contribution is -0.120. The Kier molecular flexibility index (Phi) is 2.89. The number of fused-ring (bicyclic) bond motifs is 1. The number of rotatable bonds is 3. The van der Waals surface area contributed by atoms with Gasteiger partial charge in [-0.25, -0.2) is 8.42 Å². The van der Waals surface area contributed by atoms with Gasteiger partial charge in [-0.05, 0) is 43.2 Å². The second-order valence-corrected chi connectivity index (χ2v) is 7.67. The summed E-state index contributed by atoms with van der Waals surface area (Å²) in [6, 6.07) is 6.56. The molecule has 1 aromatic carbocycles. The molecule has 19 heavy (non-hydrogen) atoms. The minimum Gasteiger partial charge on any atom is -0.325 e. The quantitative estimate of drug-likeness (QED) is 0.921. The van der Waals surface area contributed by atoms with Gasteiger partial charge < -0.3 is 5.32 Å². The van der Waals surface area contributed by atoms with Crippen LogP contribution < -0.4 is 5.32 Å². The smallest absolute Gasteiger partial charge is 0.227 e. The number of hydrogen-bond donors (Lipinski definition) is 1. The van der Waals surface area contributed by atoms with Gasteiger partial charge in [-0.15, -0.1) is 0 Å². The van der Waals surface area contributed by atoms with Crippen molar-refractivity contribution in [3.63, 3.8) is 0 Å². The lowest BCUT2D eigenvalue weighted by atomic mass is 10.0. The molecule has 2 atom stereocenters. The average Bonchev–Trinajstić information content (AvgIpc) is 2.95. The molecule has 0 aromatic heterocycles. The van der Waals surface area contributed by atoms with Crippen molar-refractivity contribution in [2.45, 2.75) is 24.2 Å². The van der Waals surface area contributed by atoms with Crippen LogP contribution in [0.15, 0.2) is 29.2 Å². The zero-order valence-corrected chi connectivity index (χ0v) is 11.6. The Morgan fingerprint density at radius 3 is 2.42 bits per heavy atom. The summed E-state index contributed by atoms with van der Waals surface area (Å²) in [5.41, 5.74) is 0.399. The molecule has 0 saturated heterocycles. The predicted molar refractivity (Wildman–Crippen MR) is 72.5 cm³/mol. The van der Waals surface area contributed by atoms with Crippen molar-refractivity contribution in [1.82, 2.24) is 0 Å². The molecular formula is C14H17NO3S. The topological polar surface area (TPSA) is 63.2 Å². The fourth-order valence-electron chi connectivity index (χ4n) is 3.06. The maximum atomic E-state index is 12.2. The average molecular weight is 279 g/mol. The summed E-state index contributed by atoms with van der Waals surface area (Å²) in [6.45, 7) is 0. The second kappa shape index (κ2) is 4.34. The van der Waals surface area contributed by atoms with Crippen LogP contribution in [0.1, 0.15) is 19.3 Å². The van der Waals surface area contributed by atoms with Crippen molar-refractivity contribution >= 4 is 21.4 Å². The Labute approximate surface area is 113 Å². The maximum Gasteiger partial charge on any atom is 0.227 e. The molecule has 0 aliphatic heterocycles. The molecule has 1 N–H and O–H groups in total. The Morgan fingerprint density at radius 2 is 1.79 bits per heavy atom. The summed E-state index contributed by atoms with van der Waals surface area (Å²) in [5.74, 6) is 1.49. The third-order valence-electron chi connectivity index (χ3n) is 4.16. The van der Waals surface area contributed by atoms with Gasteiger partial charge in [-0.1, -0.05) is 12.1 Å². The normalized spacial score (nSPS) is 28.8. The van der Waals surface area contributed by atoms with Gasteiger partial charge in [0.25, 0.3) is 0 Å². The van der Waals surface area contributed by atoms with Crippen LogP contribution in [0.25, 0.3) is 0 Å². The summed E-state index contributed by atoms with van der Waals surface area (Å²) in [7, 11) is -3.32. The number of sulfone groups is 1. The van der Waals surface area contributed by atoms with Gasteiger partial charge in [0.15, 0.2) is 9.84 Å². The Bertz CT molecular complexity index is 613. The molecule has 0 bridgehead atoms. The summed E-state index contributed by atoms with van der Waals surface area (Å²) in [6.07, 6.45) is 4.33. The van der Waals surface area contributed by atoms with E-state index in [9.17, 15) is 13.2 Å². The van der Waals surface area contributed by atoms with Crippen LogP contribution in [0.4, 0.5) is 5.69 Å². The number of carbonyl (C=O) groups excluding carboxylic acids is 1. The second-order valence-electron chi connectivity index (χ2n) is 5.68. The fraction of sp³-hybridized carbons (Fsp3) is 0.500. The van der Waals surface area contributed by atoms with E-state index in [1.54, 1.807) is 18.2 Å². The van der Waals surface area contributed by atoms with E-state index < -0.39 is 9.84 Å². The van der Waals surface area contributed by atoms with Crippen LogP contribution in [0.2, 0.25) is 0 Å². The Balaban J connectivity index is 1.78. The molecule has 0 spiro atoms. The number of para-hydroxylation sites is 1. The first kappa shape index (κ1) is 12.7. The van der Waals surface area contributed by atoms with E-state index in [-0.39, 0.29) is 16.7 Å². The highest BCUT2D eigenvalue weighted by atomic mass is 32.2. The molecule has 2 aliphatic rings. The molecule has 2 aliphatic carbocycles. The van der Waals surface area contributed by atoms with Crippen molar-refractivity contribution in [1.29, 1.82) is 0 Å². The number of benzene rings is 1. The minimum absolute atomic E-state index is 0.0386. The first-order valence-corrected chi connectivity index (χ1v) is 8.44. The first-order valence-electron chi connectivity index (χ1n) is 6.55. The van der Waals surface area contributed by atoms with Crippen molar-refractivity contribution in [2.24, 2.45) is 17.8 Å². The highest BCUT2D eigenvalue weighted by molar-refractivity contribution is 7.90. The maximum absolute atomic E-state index is 12.2. The van der Waals surface area contributed by atoms with E-state index in [1.807, 2.05) is 0 Å². The van der Waals surface area contributed by atoms with Crippen molar-refractivity contribution in [3.05, 3.63) is 24.3 Å². The molecular weight excluding hydrogens is 262 g/mol. The first-order chi connectivity index (χ1) is 8.95. The monoisotopic (exact) mass is 279 g/mol. The lowest BCUT2D eigenvalue weighted by Crippen LogP contribution is -2.22. The molecule has 0 radical (unpaired) electrons. The van der Waals surface area contributed by atoms with Crippen molar-refractivity contribution in [3.8, 4) is 0 Å². The van der Waals surface area contributed by atoms with Crippen LogP contribution >= 0.6 is 0 Å². The van der Waals surface area contributed by atoms with E-state index in [1.165, 1.54) is 12.5 Å². The number of hydrogen-bond acceptors (Lipinski definition) is 3. The number of amides is 1. The zero-order valence-electron chi connectivity index (χ0n) is 10.8. The van der Waals surface area contributed by atoms with Gasteiger partial charge in [0, 0.05) is 12.2 Å². The van der Waals surface area contributed by atoms with Crippen molar-refractivity contribution < 1.29 is 13.2 Å². The molecule has 1 aromatic rings. The summed E-state index contributed by atoms with van der Waals surface area (Å²) < 4.78 is 23.3. The van der Waals surface area contributed by atoms with Gasteiger partial charge in [0.1, 0.15) is 0 Å². The van der Waals surface area contributed by atoms with Crippen LogP contribution in [-0.2, 0) is 14.6 Å². The largest absolute Gasteiger partial charge is 0.325 e. The molecule has 2 saturated carbocycles. The Morgan fingerprint density at radius 1 is 1.16 bits per heavy atom. The van der Waals surface area contributed by atoms with Gasteiger partial charge in [-0.2, -0.15) is 0 Å². The van der Waals surface area contributed by atoms with Crippen LogP contribution in [0.5, 0.6) is 0 Å². The molecule has 2 fully saturated rings. The Hall–Kier alpha value is -1.36. The molecule has 3 rings (SSSR count). The lowest BCUT2D eigenvalue weighted by Gasteiger charge is -2.14. The van der Waals surface area contributed by atoms with E-state index in [4.69, 9.17) is 0 Å².